The van der Waals surface area contributed by atoms with Crippen molar-refractivity contribution in [1.29, 1.82) is 0 Å². The number of hydrogen-bond donors (Lipinski definition) is 1. The van der Waals surface area contributed by atoms with Gasteiger partial charge in [-0.3, -0.25) is 9.59 Å². The largest absolute Gasteiger partial charge is 0.481 e. The van der Waals surface area contributed by atoms with Gasteiger partial charge in [-0.1, -0.05) is 182 Å². The van der Waals surface area contributed by atoms with Crippen molar-refractivity contribution in [3.05, 3.63) is 215 Å². The Bertz CT molecular complexity index is 2310. The molecule has 12 heteroatoms. The van der Waals surface area contributed by atoms with Crippen LogP contribution in [0, 0.1) is 10.8 Å². The molecule has 0 aromatic heterocycles. The average molecular weight is 954 g/mol. The first-order valence-corrected chi connectivity index (χ1v) is 23.0. The van der Waals surface area contributed by atoms with Gasteiger partial charge in [0.15, 0.2) is 0 Å². The third-order valence-electron chi connectivity index (χ3n) is 11.1. The van der Waals surface area contributed by atoms with Crippen molar-refractivity contribution in [2.45, 2.75) is 85.2 Å². The fourth-order valence-electron chi connectivity index (χ4n) is 7.24. The third kappa shape index (κ3) is 18.4. The molecule has 0 radical (unpaired) electrons. The number of methoxy groups -OCH3 is 1. The number of carbonyl (C=O) groups is 2. The molecule has 0 fully saturated rings. The van der Waals surface area contributed by atoms with E-state index in [2.05, 4.69) is 4.99 Å². The lowest BCUT2D eigenvalue weighted by atomic mass is 9.82. The van der Waals surface area contributed by atoms with Gasteiger partial charge < -0.3 is 38.3 Å². The highest BCUT2D eigenvalue weighted by Gasteiger charge is 2.40. The Morgan fingerprint density at radius 2 is 0.757 bits per heavy atom. The van der Waals surface area contributed by atoms with Crippen LogP contribution in [0.25, 0.3) is 0 Å². The molecular weight excluding hydrogens is 887 g/mol. The molecule has 1 N–H and O–H groups in total. The lowest BCUT2D eigenvalue weighted by Gasteiger charge is -2.31. The number of carboxylic acid groups (broad SMARTS) is 1. The summed E-state index contributed by atoms with van der Waals surface area (Å²) in [5.74, 6) is -1.23. The molecule has 0 saturated heterocycles. The number of ether oxygens (including phenoxy) is 7. The quantitative estimate of drug-likeness (QED) is 0.0203. The van der Waals surface area contributed by atoms with E-state index in [1.165, 1.54) is 7.11 Å². The average Bonchev–Trinajstić information content (AvgIpc) is 3.37. The number of aliphatic carboxylic acids is 1. The molecule has 0 amide bonds. The first kappa shape index (κ1) is 56.0. The van der Waals surface area contributed by atoms with Gasteiger partial charge in [0, 0.05) is 0 Å². The lowest BCUT2D eigenvalue weighted by Crippen LogP contribution is -2.34. The molecule has 0 spiro atoms. The number of carbonyl (C=O) groups excluding carboxylic acids is 2. The summed E-state index contributed by atoms with van der Waals surface area (Å²) in [6.45, 7) is 12.2. The fourth-order valence-corrected chi connectivity index (χ4v) is 7.24. The number of hydrogen-bond acceptors (Lipinski definition) is 11. The van der Waals surface area contributed by atoms with Crippen LogP contribution in [-0.2, 0) is 67.4 Å². The highest BCUT2D eigenvalue weighted by Crippen LogP contribution is 2.39. The SMILES string of the molecule is CC(C)(C(=O)O)C(OCOCc1ccccc1)c1ccccc1.CC(C)(N=C=O)C(OCOCc1ccccc1)c1ccccc1.COC(=O)C(C)(C)C(OCOCc1ccccc1)c1ccccc1. The molecule has 12 nitrogen and oxygen atoms in total. The van der Waals surface area contributed by atoms with E-state index in [1.54, 1.807) is 19.9 Å². The van der Waals surface area contributed by atoms with Crippen LogP contribution in [0.15, 0.2) is 187 Å². The predicted octanol–water partition coefficient (Wildman–Crippen LogP) is 12.2. The van der Waals surface area contributed by atoms with Crippen LogP contribution in [0.4, 0.5) is 0 Å². The highest BCUT2D eigenvalue weighted by atomic mass is 16.7. The molecule has 6 aromatic carbocycles. The van der Waals surface area contributed by atoms with E-state index in [0.29, 0.717) is 19.8 Å². The lowest BCUT2D eigenvalue weighted by molar-refractivity contribution is -0.172. The van der Waals surface area contributed by atoms with Crippen LogP contribution >= 0.6 is 0 Å². The molecule has 0 aliphatic rings. The van der Waals surface area contributed by atoms with E-state index in [4.69, 9.17) is 33.2 Å². The summed E-state index contributed by atoms with van der Waals surface area (Å²) in [4.78, 5) is 38.3. The van der Waals surface area contributed by atoms with E-state index in [0.717, 1.165) is 33.4 Å². The second-order valence-electron chi connectivity index (χ2n) is 17.8. The van der Waals surface area contributed by atoms with Crippen LogP contribution in [0.2, 0.25) is 0 Å². The summed E-state index contributed by atoms with van der Waals surface area (Å²) < 4.78 is 39.2. The molecule has 0 aliphatic heterocycles. The van der Waals surface area contributed by atoms with Crippen LogP contribution in [-0.4, -0.2) is 56.2 Å². The number of carboxylic acids is 1. The summed E-state index contributed by atoms with van der Waals surface area (Å²) in [6.07, 6.45) is 0.198. The molecule has 370 valence electrons. The second kappa shape index (κ2) is 29.4. The Balaban J connectivity index is 0.000000228. The molecule has 3 atom stereocenters. The number of nitrogens with zero attached hydrogens (tertiary/aromatic N) is 1. The molecule has 0 aliphatic carbocycles. The molecule has 3 unspecified atom stereocenters. The van der Waals surface area contributed by atoms with E-state index in [9.17, 15) is 19.5 Å². The van der Waals surface area contributed by atoms with Gasteiger partial charge in [0.25, 0.3) is 0 Å². The van der Waals surface area contributed by atoms with Gasteiger partial charge >= 0.3 is 11.9 Å². The maximum Gasteiger partial charge on any atom is 0.314 e. The first-order chi connectivity index (χ1) is 33.7. The van der Waals surface area contributed by atoms with Crippen molar-refractivity contribution in [2.24, 2.45) is 15.8 Å². The monoisotopic (exact) mass is 953 g/mol. The number of isocyanates is 1. The minimum atomic E-state index is -1.06. The molecule has 0 saturated carbocycles. The second-order valence-corrected chi connectivity index (χ2v) is 17.8. The summed E-state index contributed by atoms with van der Waals surface area (Å²) >= 11 is 0. The number of aliphatic imine (C=N–C) groups is 1. The Morgan fingerprint density at radius 3 is 1.06 bits per heavy atom. The highest BCUT2D eigenvalue weighted by molar-refractivity contribution is 5.77. The van der Waals surface area contributed by atoms with Crippen LogP contribution in [0.3, 0.4) is 0 Å². The number of rotatable bonds is 24. The predicted molar refractivity (Wildman–Crippen MR) is 269 cm³/mol. The van der Waals surface area contributed by atoms with E-state index < -0.39 is 34.5 Å². The minimum absolute atomic E-state index is 0.0329. The molecule has 0 bridgehead atoms. The van der Waals surface area contributed by atoms with Gasteiger partial charge in [0.1, 0.15) is 38.7 Å². The Kier molecular flexibility index (Phi) is 23.5. The topological polar surface area (TPSA) is 148 Å². The zero-order valence-corrected chi connectivity index (χ0v) is 41.3. The Morgan fingerprint density at radius 1 is 0.471 bits per heavy atom. The zero-order chi connectivity index (χ0) is 50.7. The van der Waals surface area contributed by atoms with E-state index in [1.807, 2.05) is 210 Å². The van der Waals surface area contributed by atoms with Crippen LogP contribution in [0.5, 0.6) is 0 Å². The molecule has 70 heavy (non-hydrogen) atoms. The van der Waals surface area contributed by atoms with Crippen LogP contribution in [0.1, 0.15) is 93.2 Å². The minimum Gasteiger partial charge on any atom is -0.481 e. The Hall–Kier alpha value is -6.60. The first-order valence-electron chi connectivity index (χ1n) is 23.0. The smallest absolute Gasteiger partial charge is 0.314 e. The van der Waals surface area contributed by atoms with Crippen molar-refractivity contribution >= 4 is 18.0 Å². The van der Waals surface area contributed by atoms with Gasteiger partial charge in [-0.2, -0.15) is 4.99 Å². The third-order valence-corrected chi connectivity index (χ3v) is 11.1. The van der Waals surface area contributed by atoms with Crippen molar-refractivity contribution in [3.8, 4) is 0 Å². The van der Waals surface area contributed by atoms with Crippen molar-refractivity contribution in [1.82, 2.24) is 0 Å². The summed E-state index contributed by atoms with van der Waals surface area (Å²) in [7, 11) is 1.39. The normalized spacial score (nSPS) is 12.6. The molecular formula is C58H67NO11. The summed E-state index contributed by atoms with van der Waals surface area (Å²) in [6, 6.07) is 58.2. The number of benzene rings is 6. The van der Waals surface area contributed by atoms with Crippen molar-refractivity contribution in [3.63, 3.8) is 0 Å². The fraction of sp³-hybridized carbons (Fsp3) is 0.328. The van der Waals surface area contributed by atoms with E-state index >= 15 is 0 Å². The zero-order valence-electron chi connectivity index (χ0n) is 41.3. The van der Waals surface area contributed by atoms with Crippen LogP contribution < -0.4 is 0 Å². The summed E-state index contributed by atoms with van der Waals surface area (Å²) in [5.41, 5.74) is 3.27. The van der Waals surface area contributed by atoms with E-state index in [-0.39, 0.29) is 32.5 Å². The molecule has 6 rings (SSSR count). The summed E-state index contributed by atoms with van der Waals surface area (Å²) in [5, 5.41) is 9.49. The van der Waals surface area contributed by atoms with Gasteiger partial charge in [-0.05, 0) is 74.9 Å². The molecule has 6 aromatic rings. The van der Waals surface area contributed by atoms with Crippen molar-refractivity contribution in [2.75, 3.05) is 27.5 Å². The maximum absolute atomic E-state index is 12.2. The van der Waals surface area contributed by atoms with Gasteiger partial charge in [-0.15, -0.1) is 0 Å². The van der Waals surface area contributed by atoms with Gasteiger partial charge in [-0.25, -0.2) is 4.79 Å². The maximum atomic E-state index is 12.2. The standard InChI is InChI=1S/C20H24O4.C19H21NO3.C19H22O4/c1-20(2,19(21)22-3)18(17-12-8-5-9-13-17)24-15-23-14-16-10-6-4-7-11-16;1-19(2,20-14-21)18(17-11-7-4-8-12-17)23-15-22-13-16-9-5-3-6-10-16;1-19(2,18(20)21)17(16-11-7-4-8-12-16)23-14-22-13-15-9-5-3-6-10-15/h4-13,18H,14-15H2,1-3H3;3-12,18H,13,15H2,1-2H3;3-12,17H,13-14H2,1-2H3,(H,20,21). The Labute approximate surface area is 413 Å². The number of esters is 1. The van der Waals surface area contributed by atoms with Gasteiger partial charge in [0.05, 0.1) is 43.3 Å². The van der Waals surface area contributed by atoms with Gasteiger partial charge in [0.2, 0.25) is 6.08 Å². The molecule has 0 heterocycles. The van der Waals surface area contributed by atoms with Crippen molar-refractivity contribution < 1.29 is 52.6 Å².